The minimum Gasteiger partial charge on any atom is -0.381 e. The molecule has 0 saturated carbocycles. The van der Waals surface area contributed by atoms with Crippen molar-refractivity contribution in [1.29, 1.82) is 0 Å². The zero-order chi connectivity index (χ0) is 14.7. The van der Waals surface area contributed by atoms with Crippen LogP contribution in [-0.2, 0) is 4.74 Å². The van der Waals surface area contributed by atoms with Gasteiger partial charge in [-0.15, -0.1) is 0 Å². The smallest absolute Gasteiger partial charge is 0.305 e. The third kappa shape index (κ3) is 2.93. The van der Waals surface area contributed by atoms with Gasteiger partial charge in [0, 0.05) is 31.8 Å². The van der Waals surface area contributed by atoms with Crippen LogP contribution in [0.25, 0.3) is 0 Å². The SMILES string of the molecule is COC1CCN(C(=O)c2ccc(F)c([N+](=O)[O-])c2)CC1. The van der Waals surface area contributed by atoms with Crippen LogP contribution in [0.1, 0.15) is 23.2 Å². The molecule has 1 aliphatic heterocycles. The molecular weight excluding hydrogens is 267 g/mol. The van der Waals surface area contributed by atoms with Gasteiger partial charge in [0.15, 0.2) is 0 Å². The maximum absolute atomic E-state index is 13.2. The number of nitrogens with zero attached hydrogens (tertiary/aromatic N) is 2. The summed E-state index contributed by atoms with van der Waals surface area (Å²) in [5.41, 5.74) is -0.545. The fourth-order valence-corrected chi connectivity index (χ4v) is 2.26. The maximum Gasteiger partial charge on any atom is 0.305 e. The number of carbonyl (C=O) groups excluding carboxylic acids is 1. The van der Waals surface area contributed by atoms with Crippen molar-refractivity contribution in [3.8, 4) is 0 Å². The number of rotatable bonds is 3. The fourth-order valence-electron chi connectivity index (χ4n) is 2.26. The van der Waals surface area contributed by atoms with Crippen LogP contribution in [0.4, 0.5) is 10.1 Å². The van der Waals surface area contributed by atoms with E-state index in [1.54, 1.807) is 12.0 Å². The third-order valence-corrected chi connectivity index (χ3v) is 3.45. The molecule has 0 atom stereocenters. The Labute approximate surface area is 115 Å². The van der Waals surface area contributed by atoms with Gasteiger partial charge in [0.05, 0.1) is 11.0 Å². The van der Waals surface area contributed by atoms with Crippen molar-refractivity contribution >= 4 is 11.6 Å². The Morgan fingerprint density at radius 1 is 1.45 bits per heavy atom. The van der Waals surface area contributed by atoms with Crippen LogP contribution in [0.3, 0.4) is 0 Å². The number of methoxy groups -OCH3 is 1. The molecule has 6 nitrogen and oxygen atoms in total. The van der Waals surface area contributed by atoms with E-state index in [2.05, 4.69) is 0 Å². The number of hydrogen-bond acceptors (Lipinski definition) is 4. The minimum absolute atomic E-state index is 0.133. The zero-order valence-electron chi connectivity index (χ0n) is 11.0. The van der Waals surface area contributed by atoms with Gasteiger partial charge >= 0.3 is 5.69 Å². The highest BCUT2D eigenvalue weighted by Gasteiger charge is 2.25. The standard InChI is InChI=1S/C13H15FN2O4/c1-20-10-4-6-15(7-5-10)13(17)9-2-3-11(14)12(8-9)16(18)19/h2-3,8,10H,4-7H2,1H3. The molecule has 1 aromatic carbocycles. The van der Waals surface area contributed by atoms with Gasteiger partial charge in [-0.2, -0.15) is 4.39 Å². The highest BCUT2D eigenvalue weighted by atomic mass is 19.1. The first-order chi connectivity index (χ1) is 9.52. The number of carbonyl (C=O) groups is 1. The molecule has 0 spiro atoms. The van der Waals surface area contributed by atoms with Gasteiger partial charge in [-0.05, 0) is 25.0 Å². The molecule has 0 aromatic heterocycles. The van der Waals surface area contributed by atoms with Crippen LogP contribution in [0.5, 0.6) is 0 Å². The molecule has 1 aliphatic rings. The average molecular weight is 282 g/mol. The van der Waals surface area contributed by atoms with Crippen LogP contribution < -0.4 is 0 Å². The number of nitro groups is 1. The Bertz CT molecular complexity index is 527. The summed E-state index contributed by atoms with van der Waals surface area (Å²) >= 11 is 0. The lowest BCUT2D eigenvalue weighted by molar-refractivity contribution is -0.387. The first-order valence-electron chi connectivity index (χ1n) is 6.29. The van der Waals surface area contributed by atoms with E-state index in [9.17, 15) is 19.3 Å². The monoisotopic (exact) mass is 282 g/mol. The van der Waals surface area contributed by atoms with Crippen molar-refractivity contribution in [2.45, 2.75) is 18.9 Å². The third-order valence-electron chi connectivity index (χ3n) is 3.45. The lowest BCUT2D eigenvalue weighted by Crippen LogP contribution is -2.40. The predicted molar refractivity (Wildman–Crippen MR) is 69.0 cm³/mol. The number of piperidine rings is 1. The minimum atomic E-state index is -0.940. The van der Waals surface area contributed by atoms with Crippen molar-refractivity contribution in [1.82, 2.24) is 4.90 Å². The summed E-state index contributed by atoms with van der Waals surface area (Å²) in [6.07, 6.45) is 1.60. The van der Waals surface area contributed by atoms with E-state index < -0.39 is 16.4 Å². The summed E-state index contributed by atoms with van der Waals surface area (Å²) in [5.74, 6) is -1.26. The Balaban J connectivity index is 2.14. The highest BCUT2D eigenvalue weighted by Crippen LogP contribution is 2.21. The van der Waals surface area contributed by atoms with Crippen LogP contribution in [0, 0.1) is 15.9 Å². The van der Waals surface area contributed by atoms with Crippen molar-refractivity contribution in [2.75, 3.05) is 20.2 Å². The Hall–Kier alpha value is -2.02. The van der Waals surface area contributed by atoms with Crippen LogP contribution in [-0.4, -0.2) is 42.0 Å². The second kappa shape index (κ2) is 5.96. The molecule has 1 saturated heterocycles. The number of amides is 1. The van der Waals surface area contributed by atoms with E-state index in [0.29, 0.717) is 13.1 Å². The second-order valence-corrected chi connectivity index (χ2v) is 4.65. The van der Waals surface area contributed by atoms with Gasteiger partial charge in [0.1, 0.15) is 0 Å². The zero-order valence-corrected chi connectivity index (χ0v) is 11.0. The summed E-state index contributed by atoms with van der Waals surface area (Å²) in [6, 6.07) is 3.21. The number of hydrogen-bond donors (Lipinski definition) is 0. The normalized spacial score (nSPS) is 16.2. The van der Waals surface area contributed by atoms with Crippen LogP contribution >= 0.6 is 0 Å². The summed E-state index contributed by atoms with van der Waals surface area (Å²) in [4.78, 5) is 23.7. The average Bonchev–Trinajstić information content (AvgIpc) is 2.47. The van der Waals surface area contributed by atoms with E-state index >= 15 is 0 Å². The summed E-state index contributed by atoms with van der Waals surface area (Å²) in [7, 11) is 1.63. The molecule has 20 heavy (non-hydrogen) atoms. The van der Waals surface area contributed by atoms with Gasteiger partial charge in [0.2, 0.25) is 5.82 Å². The Morgan fingerprint density at radius 2 is 2.10 bits per heavy atom. The van der Waals surface area contributed by atoms with Crippen molar-refractivity contribution < 1.29 is 18.8 Å². The molecular formula is C13H15FN2O4. The molecule has 0 aliphatic carbocycles. The quantitative estimate of drug-likeness (QED) is 0.627. The molecule has 1 fully saturated rings. The summed E-state index contributed by atoms with van der Waals surface area (Å²) in [5, 5.41) is 10.7. The molecule has 2 rings (SSSR count). The Morgan fingerprint density at radius 3 is 2.65 bits per heavy atom. The number of benzene rings is 1. The molecule has 0 N–H and O–H groups in total. The van der Waals surface area contributed by atoms with Crippen molar-refractivity contribution in [2.24, 2.45) is 0 Å². The molecule has 1 aromatic rings. The number of ether oxygens (including phenoxy) is 1. The topological polar surface area (TPSA) is 72.7 Å². The van der Waals surface area contributed by atoms with E-state index in [-0.39, 0.29) is 17.6 Å². The summed E-state index contributed by atoms with van der Waals surface area (Å²) < 4.78 is 18.5. The van der Waals surface area contributed by atoms with Crippen molar-refractivity contribution in [3.05, 3.63) is 39.7 Å². The van der Waals surface area contributed by atoms with E-state index in [0.717, 1.165) is 25.0 Å². The fraction of sp³-hybridized carbons (Fsp3) is 0.462. The molecule has 0 radical (unpaired) electrons. The number of likely N-dealkylation sites (tertiary alicyclic amines) is 1. The van der Waals surface area contributed by atoms with Crippen molar-refractivity contribution in [3.63, 3.8) is 0 Å². The largest absolute Gasteiger partial charge is 0.381 e. The first-order valence-corrected chi connectivity index (χ1v) is 6.29. The van der Waals surface area contributed by atoms with Gasteiger partial charge in [0.25, 0.3) is 5.91 Å². The predicted octanol–water partition coefficient (Wildman–Crippen LogP) is 1.98. The van der Waals surface area contributed by atoms with E-state index in [1.807, 2.05) is 0 Å². The van der Waals surface area contributed by atoms with E-state index in [1.165, 1.54) is 6.07 Å². The lowest BCUT2D eigenvalue weighted by atomic mass is 10.1. The highest BCUT2D eigenvalue weighted by molar-refractivity contribution is 5.94. The van der Waals surface area contributed by atoms with Crippen LogP contribution in [0.2, 0.25) is 0 Å². The molecule has 108 valence electrons. The van der Waals surface area contributed by atoms with Gasteiger partial charge < -0.3 is 9.64 Å². The number of halogens is 1. The number of nitro benzene ring substituents is 1. The molecule has 7 heteroatoms. The van der Waals surface area contributed by atoms with E-state index in [4.69, 9.17) is 4.74 Å². The second-order valence-electron chi connectivity index (χ2n) is 4.65. The lowest BCUT2D eigenvalue weighted by Gasteiger charge is -2.31. The van der Waals surface area contributed by atoms with Crippen LogP contribution in [0.15, 0.2) is 18.2 Å². The van der Waals surface area contributed by atoms with Gasteiger partial charge in [-0.3, -0.25) is 14.9 Å². The maximum atomic E-state index is 13.2. The summed E-state index contributed by atoms with van der Waals surface area (Å²) in [6.45, 7) is 1.06. The Kier molecular flexibility index (Phi) is 4.29. The molecule has 0 bridgehead atoms. The molecule has 1 heterocycles. The van der Waals surface area contributed by atoms with Gasteiger partial charge in [-0.25, -0.2) is 0 Å². The van der Waals surface area contributed by atoms with Gasteiger partial charge in [-0.1, -0.05) is 0 Å². The molecule has 1 amide bonds. The molecule has 0 unspecified atom stereocenters. The first kappa shape index (κ1) is 14.4.